The molecule has 0 aromatic carbocycles. The van der Waals surface area contributed by atoms with Gasteiger partial charge in [0.1, 0.15) is 52.9 Å². The second-order valence-corrected chi connectivity index (χ2v) is 44.7. The fourth-order valence-electron chi connectivity index (χ4n) is 9.83. The number of aliphatic hydroxyl groups is 8. The molecule has 8 aliphatic rings. The number of halogens is 6. The van der Waals surface area contributed by atoms with E-state index >= 15 is 0 Å². The van der Waals surface area contributed by atoms with Gasteiger partial charge in [0.15, 0.2) is 0 Å². The molecule has 0 bridgehead atoms. The fraction of sp³-hybridized carbons (Fsp3) is 1.00. The molecule has 0 aromatic rings. The molecule has 0 saturated carbocycles. The summed E-state index contributed by atoms with van der Waals surface area (Å²) in [6, 6.07) is 0. The summed E-state index contributed by atoms with van der Waals surface area (Å²) in [7, 11) is 30.4. The van der Waals surface area contributed by atoms with Gasteiger partial charge in [-0.3, -0.25) is 0 Å². The van der Waals surface area contributed by atoms with E-state index in [-0.39, 0.29) is 15.8 Å². The van der Waals surface area contributed by atoms with Crippen LogP contribution in [0, 0.1) is 0 Å². The van der Waals surface area contributed by atoms with Gasteiger partial charge in [0.05, 0.1) is 35.0 Å². The zero-order valence-electron chi connectivity index (χ0n) is 39.2. The van der Waals surface area contributed by atoms with Crippen molar-refractivity contribution in [2.24, 2.45) is 0 Å². The van der Waals surface area contributed by atoms with Gasteiger partial charge in [-0.25, -0.2) is 0 Å². The fourth-order valence-corrected chi connectivity index (χ4v) is 25.5. The summed E-state index contributed by atoms with van der Waals surface area (Å²) in [4.78, 5) is 0. The third-order valence-corrected chi connectivity index (χ3v) is 29.5. The van der Waals surface area contributed by atoms with Crippen LogP contribution in [0.25, 0.3) is 0 Å². The quantitative estimate of drug-likeness (QED) is 0.188. The van der Waals surface area contributed by atoms with Crippen molar-refractivity contribution in [1.82, 2.24) is 0 Å². The molecule has 0 aromatic heterocycles. The molecule has 0 amide bonds. The number of rotatable bonds is 6. The third-order valence-electron chi connectivity index (χ3n) is 13.7. The third kappa shape index (κ3) is 31.5. The number of hydrogen-bond donors (Lipinski definition) is 0. The Kier molecular flexibility index (Phi) is 41.7. The van der Waals surface area contributed by atoms with Crippen LogP contribution >= 0.6 is 92.0 Å². The summed E-state index contributed by atoms with van der Waals surface area (Å²) in [5.41, 5.74) is 8.79. The Balaban J connectivity index is 0.000000373. The van der Waals surface area contributed by atoms with Gasteiger partial charge in [-0.15, -0.1) is 15.8 Å². The predicted molar refractivity (Wildman–Crippen MR) is 282 cm³/mol. The average Bonchev–Trinajstić information content (AvgIpc) is 4.06. The van der Waals surface area contributed by atoms with E-state index in [4.69, 9.17) is 60.3 Å². The number of hydrogen-bond acceptors (Lipinski definition) is 0. The monoisotopic (exact) mass is 1120 g/mol. The molecular formula is C44H94Cl6Cr2O4P4+6. The van der Waals surface area contributed by atoms with Crippen molar-refractivity contribution < 1.29 is 41.7 Å². The van der Waals surface area contributed by atoms with Gasteiger partial charge >= 0.3 is 83.1 Å². The Labute approximate surface area is 410 Å². The molecule has 8 aliphatic heterocycles. The molecule has 8 heterocycles. The van der Waals surface area contributed by atoms with E-state index in [1.165, 1.54) is 77.0 Å². The summed E-state index contributed by atoms with van der Waals surface area (Å²) in [5, 5.41) is 0. The molecule has 8 saturated heterocycles. The molecule has 8 rings (SSSR count). The van der Waals surface area contributed by atoms with Crippen LogP contribution in [0.2, 0.25) is 0 Å². The van der Waals surface area contributed by atoms with Gasteiger partial charge in [-0.05, 0) is 114 Å². The van der Waals surface area contributed by atoms with Crippen LogP contribution in [-0.2, 0) is 22.8 Å². The topological polar surface area (TPSA) is 51.2 Å². The van der Waals surface area contributed by atoms with Crippen molar-refractivity contribution in [3.05, 3.63) is 0 Å². The van der Waals surface area contributed by atoms with E-state index in [0.29, 0.717) is 15.8 Å². The Morgan fingerprint density at radius 3 is 0.700 bits per heavy atom. The van der Waals surface area contributed by atoms with E-state index in [2.05, 4.69) is 74.3 Å². The van der Waals surface area contributed by atoms with Gasteiger partial charge < -0.3 is 18.9 Å². The van der Waals surface area contributed by atoms with E-state index in [1.54, 1.807) is 50.3 Å². The van der Waals surface area contributed by atoms with Crippen molar-refractivity contribution >= 4 is 92.0 Å². The zero-order valence-corrected chi connectivity index (χ0v) is 50.1. The van der Waals surface area contributed by atoms with Crippen LogP contribution in [0.15, 0.2) is 0 Å². The molecule has 0 radical (unpaired) electrons. The molecule has 8 atom stereocenters. The zero-order chi connectivity index (χ0) is 44.7. The first-order valence-electron chi connectivity index (χ1n) is 23.9. The van der Waals surface area contributed by atoms with E-state index in [0.717, 1.165) is 98.1 Å². The molecule has 60 heavy (non-hydrogen) atoms. The minimum absolute atomic E-state index is 0.0245. The second-order valence-electron chi connectivity index (χ2n) is 18.3. The van der Waals surface area contributed by atoms with Crippen LogP contribution in [0.3, 0.4) is 0 Å². The van der Waals surface area contributed by atoms with Crippen molar-refractivity contribution in [3.8, 4) is 0 Å². The minimum atomic E-state index is -1.62. The van der Waals surface area contributed by atoms with Crippen molar-refractivity contribution in [2.75, 3.05) is 77.5 Å². The molecule has 16 heteroatoms. The Hall–Kier alpha value is 4.36. The molecule has 0 aliphatic carbocycles. The first-order chi connectivity index (χ1) is 28.6. The number of ether oxygens (including phenoxy) is 4. The SMILES string of the molecule is C1CC[OH+]C1.C1CC[OH+]C1.C1CC[OH+]C1.C1CC[OH+]C1.C[C@@H]1CC[C@@H](C)P1CCP1[C@H](C)CC[C@H]1C.C[C@@H]1CC[C@@H](C)[PH+]1CC[PH+]1[C@H](C)CC[C@H]1C.[Cl][Cr]([Cl])[Cl].[Cl][Cr]([Cl])[Cl]. The molecule has 0 unspecified atom stereocenters. The Bertz CT molecular complexity index is 762. The molecule has 0 spiro atoms. The molecule has 4 nitrogen and oxygen atoms in total. The standard InChI is InChI=1S/2C14H28P2.4C4H8O.6ClH.2Cr/c2*1-11-5-6-12(2)15(11)9-10-16-13(3)7-8-14(16)4;4*1-2-4-5-3-1;;;;;;;;/h2*11-14H,5-10H2,1-4H3;4*1-4H2;6*1H;;/q;;;;;;;;;;;;2*+3/t2*11-,12-,13-,14-;;;;;;;;;;;;/m11............/s1. The van der Waals surface area contributed by atoms with Crippen LogP contribution < -0.4 is 0 Å². The average molecular weight is 1130 g/mol. The second kappa shape index (κ2) is 40.1. The van der Waals surface area contributed by atoms with E-state index in [9.17, 15) is 0 Å². The van der Waals surface area contributed by atoms with Gasteiger partial charge in [0.2, 0.25) is 0 Å². The Morgan fingerprint density at radius 1 is 0.367 bits per heavy atom. The maximum atomic E-state index is 4.93. The molecular weight excluding hydrogens is 1030 g/mol. The summed E-state index contributed by atoms with van der Waals surface area (Å²) in [6.07, 6.45) is 29.5. The Morgan fingerprint density at radius 2 is 0.550 bits per heavy atom. The van der Waals surface area contributed by atoms with Crippen molar-refractivity contribution in [2.45, 2.75) is 203 Å². The normalized spacial score (nSPS) is 31.6. The summed E-state index contributed by atoms with van der Waals surface area (Å²) >= 11 is -3.25. The van der Waals surface area contributed by atoms with E-state index in [1.807, 2.05) is 0 Å². The predicted octanol–water partition coefficient (Wildman–Crippen LogP) is 15.0. The maximum absolute atomic E-state index is 4.93. The van der Waals surface area contributed by atoms with Crippen LogP contribution in [0.5, 0.6) is 0 Å². The van der Waals surface area contributed by atoms with Gasteiger partial charge in [-0.2, -0.15) is 0 Å². The molecule has 362 valence electrons. The summed E-state index contributed by atoms with van der Waals surface area (Å²) in [6.45, 7) is 29.2. The van der Waals surface area contributed by atoms with Gasteiger partial charge in [0, 0.05) is 67.2 Å². The van der Waals surface area contributed by atoms with Crippen molar-refractivity contribution in [1.29, 1.82) is 0 Å². The van der Waals surface area contributed by atoms with Crippen molar-refractivity contribution in [3.63, 3.8) is 0 Å². The first kappa shape index (κ1) is 62.4. The molecule has 4 N–H and O–H groups in total. The summed E-state index contributed by atoms with van der Waals surface area (Å²) < 4.78 is 16.3. The molecule has 8 fully saturated rings. The van der Waals surface area contributed by atoms with E-state index < -0.39 is 22.8 Å². The van der Waals surface area contributed by atoms with Gasteiger partial charge in [0.25, 0.3) is 0 Å². The van der Waals surface area contributed by atoms with Gasteiger partial charge in [-0.1, -0.05) is 27.7 Å². The summed E-state index contributed by atoms with van der Waals surface area (Å²) in [5.74, 6) is 0. The van der Waals surface area contributed by atoms with Crippen LogP contribution in [-0.4, -0.2) is 142 Å². The first-order valence-corrected chi connectivity index (χ1v) is 41.4. The van der Waals surface area contributed by atoms with Crippen LogP contribution in [0.1, 0.15) is 158 Å². The van der Waals surface area contributed by atoms with Crippen LogP contribution in [0.4, 0.5) is 0 Å².